The first-order valence-corrected chi connectivity index (χ1v) is 10.1. The smallest absolute Gasteiger partial charge is 0.318 e. The van der Waals surface area contributed by atoms with Crippen molar-refractivity contribution in [1.82, 2.24) is 34.2 Å². The zero-order valence-corrected chi connectivity index (χ0v) is 18.2. The predicted octanol–water partition coefficient (Wildman–Crippen LogP) is 3.71. The number of nitrogens with zero attached hydrogens (tertiary/aromatic N) is 7. The third-order valence-corrected chi connectivity index (χ3v) is 5.19. The molecule has 180 valence electrons. The van der Waals surface area contributed by atoms with Gasteiger partial charge in [-0.25, -0.2) is 9.50 Å². The van der Waals surface area contributed by atoms with E-state index in [0.717, 1.165) is 23.9 Å². The quantitative estimate of drug-likeness (QED) is 0.423. The second-order valence-corrected chi connectivity index (χ2v) is 7.61. The number of nitrogens with one attached hydrogen (secondary N) is 1. The van der Waals surface area contributed by atoms with Crippen LogP contribution in [-0.4, -0.2) is 46.2 Å². The average Bonchev–Trinajstić information content (AvgIpc) is 3.46. The minimum atomic E-state index is -5.84. The number of anilines is 1. The Kier molecular flexibility index (Phi) is 5.61. The van der Waals surface area contributed by atoms with Crippen LogP contribution in [-0.2, 0) is 19.0 Å². The van der Waals surface area contributed by atoms with Crippen molar-refractivity contribution in [3.8, 4) is 0 Å². The third kappa shape index (κ3) is 4.10. The minimum absolute atomic E-state index is 0.0822. The van der Waals surface area contributed by atoms with Crippen molar-refractivity contribution in [2.45, 2.75) is 46.0 Å². The average molecular weight is 482 g/mol. The summed E-state index contributed by atoms with van der Waals surface area (Å²) in [4.78, 5) is 16.5. The fourth-order valence-electron chi connectivity index (χ4n) is 3.42. The highest BCUT2D eigenvalue weighted by Gasteiger charge is 2.60. The number of aryl methyl sites for hydroxylation is 2. The van der Waals surface area contributed by atoms with E-state index in [1.807, 2.05) is 18.5 Å². The second kappa shape index (κ2) is 8.18. The molecule has 4 heterocycles. The fourth-order valence-corrected chi connectivity index (χ4v) is 3.42. The van der Waals surface area contributed by atoms with Gasteiger partial charge < -0.3 is 5.32 Å². The first-order chi connectivity index (χ1) is 15.9. The van der Waals surface area contributed by atoms with Crippen LogP contribution in [0.4, 0.5) is 27.6 Å². The van der Waals surface area contributed by atoms with Crippen LogP contribution >= 0.6 is 0 Å². The van der Waals surface area contributed by atoms with Crippen LogP contribution in [0.3, 0.4) is 0 Å². The Morgan fingerprint density at radius 3 is 2.47 bits per heavy atom. The molecule has 1 amide bonds. The van der Waals surface area contributed by atoms with Crippen LogP contribution < -0.4 is 5.32 Å². The number of aromatic nitrogens is 7. The summed E-state index contributed by atoms with van der Waals surface area (Å²) in [6.45, 7) is 6.27. The number of hydrogen-bond acceptors (Lipinski definition) is 5. The molecule has 0 aliphatic heterocycles. The van der Waals surface area contributed by atoms with Gasteiger partial charge >= 0.3 is 12.1 Å². The van der Waals surface area contributed by atoms with Crippen molar-refractivity contribution in [1.29, 1.82) is 0 Å². The number of carbonyl (C=O) groups excluding carboxylic acids is 1. The Morgan fingerprint density at radius 2 is 1.82 bits per heavy atom. The number of alkyl halides is 5. The molecular formula is C20H19F5N8O. The highest BCUT2D eigenvalue weighted by molar-refractivity contribution is 6.03. The molecule has 1 N–H and O–H groups in total. The van der Waals surface area contributed by atoms with Gasteiger partial charge in [0.15, 0.2) is 11.3 Å². The maximum atomic E-state index is 14.0. The summed E-state index contributed by atoms with van der Waals surface area (Å²) in [6, 6.07) is 1.62. The molecular weight excluding hydrogens is 463 g/mol. The standard InChI is InChI=1S/C20H19F5N8O/c1-4-32-12(3)13(7-27-32)9-31-10-14(8-26-31)29-18(34)15-6-17-28-11(2)5-16(33(17)30-15)19(21,22)20(23,24)25/h5-8,10H,4,9H2,1-3H3,(H,29,34). The van der Waals surface area contributed by atoms with Gasteiger partial charge in [0.1, 0.15) is 5.69 Å². The lowest BCUT2D eigenvalue weighted by atomic mass is 10.2. The van der Waals surface area contributed by atoms with E-state index in [0.29, 0.717) is 17.1 Å². The summed E-state index contributed by atoms with van der Waals surface area (Å²) < 4.78 is 70.6. The van der Waals surface area contributed by atoms with E-state index in [1.54, 1.807) is 17.1 Å². The molecule has 0 spiro atoms. The summed E-state index contributed by atoms with van der Waals surface area (Å²) in [5.74, 6) is -6.01. The number of halogens is 5. The van der Waals surface area contributed by atoms with E-state index in [9.17, 15) is 26.7 Å². The SMILES string of the molecule is CCn1ncc(Cn2cc(NC(=O)c3cc4nc(C)cc(C(F)(F)C(F)(F)F)n4n3)cn2)c1C. The van der Waals surface area contributed by atoms with Crippen molar-refractivity contribution >= 4 is 17.2 Å². The van der Waals surface area contributed by atoms with E-state index < -0.39 is 23.7 Å². The van der Waals surface area contributed by atoms with Crippen LogP contribution in [0.2, 0.25) is 0 Å². The van der Waals surface area contributed by atoms with Crippen LogP contribution in [0.1, 0.15) is 40.1 Å². The Labute approximate surface area is 189 Å². The number of rotatable bonds is 6. The van der Waals surface area contributed by atoms with Crippen molar-refractivity contribution in [3.05, 3.63) is 59.1 Å². The Morgan fingerprint density at radius 1 is 1.09 bits per heavy atom. The van der Waals surface area contributed by atoms with Gasteiger partial charge in [0, 0.05) is 35.8 Å². The molecule has 14 heteroatoms. The van der Waals surface area contributed by atoms with Crippen LogP contribution in [0.15, 0.2) is 30.7 Å². The van der Waals surface area contributed by atoms with Gasteiger partial charge in [0.2, 0.25) is 0 Å². The van der Waals surface area contributed by atoms with Gasteiger partial charge in [0.25, 0.3) is 5.91 Å². The van der Waals surface area contributed by atoms with E-state index in [-0.39, 0.29) is 22.7 Å². The lowest BCUT2D eigenvalue weighted by molar-refractivity contribution is -0.291. The molecule has 0 aliphatic rings. The highest BCUT2D eigenvalue weighted by atomic mass is 19.4. The van der Waals surface area contributed by atoms with Crippen LogP contribution in [0, 0.1) is 13.8 Å². The predicted molar refractivity (Wildman–Crippen MR) is 110 cm³/mol. The zero-order chi connectivity index (χ0) is 24.8. The summed E-state index contributed by atoms with van der Waals surface area (Å²) in [7, 11) is 0. The third-order valence-electron chi connectivity index (χ3n) is 5.19. The second-order valence-electron chi connectivity index (χ2n) is 7.61. The van der Waals surface area contributed by atoms with Crippen molar-refractivity contribution in [2.24, 2.45) is 0 Å². The zero-order valence-electron chi connectivity index (χ0n) is 18.2. The summed E-state index contributed by atoms with van der Waals surface area (Å²) >= 11 is 0. The number of carbonyl (C=O) groups is 1. The molecule has 4 aromatic rings. The Bertz CT molecular complexity index is 1370. The molecule has 0 aromatic carbocycles. The topological polar surface area (TPSA) is 94.9 Å². The van der Waals surface area contributed by atoms with Crippen molar-refractivity contribution in [2.75, 3.05) is 5.32 Å². The molecule has 0 saturated carbocycles. The van der Waals surface area contributed by atoms with Crippen LogP contribution in [0.25, 0.3) is 5.65 Å². The molecule has 0 unspecified atom stereocenters. The van der Waals surface area contributed by atoms with Gasteiger partial charge in [0.05, 0.1) is 24.6 Å². The molecule has 34 heavy (non-hydrogen) atoms. The fraction of sp³-hybridized carbons (Fsp3) is 0.350. The van der Waals surface area contributed by atoms with E-state index >= 15 is 0 Å². The van der Waals surface area contributed by atoms with Crippen LogP contribution in [0.5, 0.6) is 0 Å². The lowest BCUT2D eigenvalue weighted by Crippen LogP contribution is -2.36. The number of fused-ring (bicyclic) bond motifs is 1. The van der Waals surface area contributed by atoms with Gasteiger partial charge in [-0.15, -0.1) is 0 Å². The summed E-state index contributed by atoms with van der Waals surface area (Å²) in [5, 5.41) is 14.6. The van der Waals surface area contributed by atoms with E-state index in [1.165, 1.54) is 13.1 Å². The molecule has 0 fully saturated rings. The molecule has 0 aliphatic carbocycles. The van der Waals surface area contributed by atoms with E-state index in [4.69, 9.17) is 0 Å². The monoisotopic (exact) mass is 482 g/mol. The Balaban J connectivity index is 1.57. The molecule has 4 rings (SSSR count). The summed E-state index contributed by atoms with van der Waals surface area (Å²) in [5.41, 5.74) is -0.0233. The highest BCUT2D eigenvalue weighted by Crippen LogP contribution is 2.43. The molecule has 9 nitrogen and oxygen atoms in total. The number of hydrogen-bond donors (Lipinski definition) is 1. The normalized spacial score (nSPS) is 12.5. The van der Waals surface area contributed by atoms with Gasteiger partial charge in [-0.1, -0.05) is 0 Å². The van der Waals surface area contributed by atoms with Gasteiger partial charge in [-0.05, 0) is 26.8 Å². The van der Waals surface area contributed by atoms with Crippen molar-refractivity contribution < 1.29 is 26.7 Å². The molecule has 0 atom stereocenters. The molecule has 0 saturated heterocycles. The largest absolute Gasteiger partial charge is 0.459 e. The summed E-state index contributed by atoms with van der Waals surface area (Å²) in [6.07, 6.45) is -1.21. The van der Waals surface area contributed by atoms with Gasteiger partial charge in [-0.3, -0.25) is 14.2 Å². The minimum Gasteiger partial charge on any atom is -0.318 e. The lowest BCUT2D eigenvalue weighted by Gasteiger charge is -2.20. The Hall–Kier alpha value is -3.84. The maximum absolute atomic E-state index is 14.0. The molecule has 0 bridgehead atoms. The molecule has 0 radical (unpaired) electrons. The number of amides is 1. The maximum Gasteiger partial charge on any atom is 0.459 e. The van der Waals surface area contributed by atoms with Crippen molar-refractivity contribution in [3.63, 3.8) is 0 Å². The molecule has 4 aromatic heterocycles. The van der Waals surface area contributed by atoms with E-state index in [2.05, 4.69) is 25.6 Å². The first-order valence-electron chi connectivity index (χ1n) is 10.1. The first kappa shape index (κ1) is 23.3. The van der Waals surface area contributed by atoms with Gasteiger partial charge in [-0.2, -0.15) is 37.2 Å².